The van der Waals surface area contributed by atoms with Crippen molar-refractivity contribution in [3.05, 3.63) is 36.5 Å². The lowest BCUT2D eigenvalue weighted by atomic mass is 10.1. The van der Waals surface area contributed by atoms with Crippen LogP contribution in [0.4, 0.5) is 0 Å². The third kappa shape index (κ3) is 2.79. The van der Waals surface area contributed by atoms with E-state index < -0.39 is 10.0 Å². The Balaban J connectivity index is 1.97. The zero-order valence-corrected chi connectivity index (χ0v) is 12.4. The summed E-state index contributed by atoms with van der Waals surface area (Å²) in [5.41, 5.74) is 0.658. The van der Waals surface area contributed by atoms with E-state index >= 15 is 0 Å². The Kier molecular flexibility index (Phi) is 3.93. The molecule has 2 aromatic rings. The Morgan fingerprint density at radius 1 is 1.24 bits per heavy atom. The third-order valence-corrected chi connectivity index (χ3v) is 5.64. The third-order valence-electron chi connectivity index (χ3n) is 4.10. The van der Waals surface area contributed by atoms with E-state index in [9.17, 15) is 13.5 Å². The molecular weight excluding hydrogens is 288 g/mol. The number of nitrogens with one attached hydrogen (secondary N) is 1. The van der Waals surface area contributed by atoms with Gasteiger partial charge < -0.3 is 5.11 Å². The second kappa shape index (κ2) is 5.71. The molecule has 2 N–H and O–H groups in total. The van der Waals surface area contributed by atoms with Crippen LogP contribution in [0.5, 0.6) is 0 Å². The number of fused-ring (bicyclic) bond motifs is 1. The minimum Gasteiger partial charge on any atom is -0.396 e. The number of hydrogen-bond acceptors (Lipinski definition) is 4. The normalized spacial score (nSPS) is 22.7. The van der Waals surface area contributed by atoms with E-state index in [1.165, 1.54) is 0 Å². The van der Waals surface area contributed by atoms with Crippen molar-refractivity contribution in [3.8, 4) is 0 Å². The van der Waals surface area contributed by atoms with Gasteiger partial charge in [-0.15, -0.1) is 0 Å². The molecule has 2 unspecified atom stereocenters. The molecule has 2 atom stereocenters. The van der Waals surface area contributed by atoms with Crippen molar-refractivity contribution in [2.45, 2.75) is 30.2 Å². The molecule has 0 radical (unpaired) electrons. The van der Waals surface area contributed by atoms with Crippen molar-refractivity contribution in [2.24, 2.45) is 5.92 Å². The van der Waals surface area contributed by atoms with Crippen LogP contribution >= 0.6 is 0 Å². The second-order valence-electron chi connectivity index (χ2n) is 5.43. The summed E-state index contributed by atoms with van der Waals surface area (Å²) in [6, 6.07) is 8.38. The van der Waals surface area contributed by atoms with Gasteiger partial charge in [0.15, 0.2) is 0 Å². The van der Waals surface area contributed by atoms with Gasteiger partial charge in [0.25, 0.3) is 0 Å². The molecule has 1 aliphatic carbocycles. The summed E-state index contributed by atoms with van der Waals surface area (Å²) < 4.78 is 28.0. The molecular formula is C15H18N2O3S. The summed E-state index contributed by atoms with van der Waals surface area (Å²) in [4.78, 5) is 4.43. The smallest absolute Gasteiger partial charge is 0.241 e. The Morgan fingerprint density at radius 2 is 2.10 bits per heavy atom. The van der Waals surface area contributed by atoms with Crippen molar-refractivity contribution >= 4 is 20.9 Å². The molecule has 21 heavy (non-hydrogen) atoms. The highest BCUT2D eigenvalue weighted by Crippen LogP contribution is 2.28. The molecule has 112 valence electrons. The van der Waals surface area contributed by atoms with Gasteiger partial charge in [0.1, 0.15) is 0 Å². The largest absolute Gasteiger partial charge is 0.396 e. The molecule has 1 aliphatic rings. The Morgan fingerprint density at radius 3 is 2.90 bits per heavy atom. The molecule has 0 saturated heterocycles. The molecule has 6 heteroatoms. The highest BCUT2D eigenvalue weighted by atomic mass is 32.2. The molecule has 0 amide bonds. The number of aromatic nitrogens is 1. The van der Waals surface area contributed by atoms with Gasteiger partial charge in [0, 0.05) is 24.2 Å². The molecule has 1 aromatic heterocycles. The van der Waals surface area contributed by atoms with E-state index in [-0.39, 0.29) is 23.5 Å². The second-order valence-corrected chi connectivity index (χ2v) is 7.11. The van der Waals surface area contributed by atoms with Crippen LogP contribution in [-0.2, 0) is 10.0 Å². The fraction of sp³-hybridized carbons (Fsp3) is 0.400. The minimum absolute atomic E-state index is 0.00729. The summed E-state index contributed by atoms with van der Waals surface area (Å²) in [7, 11) is -3.61. The molecule has 1 aromatic carbocycles. The van der Waals surface area contributed by atoms with Gasteiger partial charge in [-0.25, -0.2) is 13.1 Å². The average molecular weight is 306 g/mol. The Bertz CT molecular complexity index is 740. The molecule has 1 saturated carbocycles. The van der Waals surface area contributed by atoms with E-state index in [0.29, 0.717) is 10.9 Å². The lowest BCUT2D eigenvalue weighted by Gasteiger charge is -2.19. The first-order valence-corrected chi connectivity index (χ1v) is 8.57. The zero-order chi connectivity index (χ0) is 14.9. The summed E-state index contributed by atoms with van der Waals surface area (Å²) in [6.07, 6.45) is 4.22. The Hall–Kier alpha value is -1.50. The summed E-state index contributed by atoms with van der Waals surface area (Å²) >= 11 is 0. The lowest BCUT2D eigenvalue weighted by molar-refractivity contribution is 0.213. The average Bonchev–Trinajstić information content (AvgIpc) is 2.93. The molecule has 1 fully saturated rings. The van der Waals surface area contributed by atoms with Crippen LogP contribution in [0.15, 0.2) is 41.4 Å². The van der Waals surface area contributed by atoms with Gasteiger partial charge >= 0.3 is 0 Å². The predicted octanol–water partition coefficient (Wildman–Crippen LogP) is 1.67. The van der Waals surface area contributed by atoms with Gasteiger partial charge in [0.2, 0.25) is 10.0 Å². The summed E-state index contributed by atoms with van der Waals surface area (Å²) in [5.74, 6) is 0.00729. The number of pyridine rings is 1. The van der Waals surface area contributed by atoms with Crippen LogP contribution < -0.4 is 4.72 Å². The van der Waals surface area contributed by atoms with Gasteiger partial charge in [-0.3, -0.25) is 4.98 Å². The summed E-state index contributed by atoms with van der Waals surface area (Å²) in [5, 5.41) is 9.95. The van der Waals surface area contributed by atoms with Crippen LogP contribution in [0.2, 0.25) is 0 Å². The maximum Gasteiger partial charge on any atom is 0.241 e. The lowest BCUT2D eigenvalue weighted by Crippen LogP contribution is -2.38. The molecule has 0 aliphatic heterocycles. The topological polar surface area (TPSA) is 79.3 Å². The van der Waals surface area contributed by atoms with Crippen molar-refractivity contribution in [1.82, 2.24) is 9.71 Å². The van der Waals surface area contributed by atoms with Crippen LogP contribution in [-0.4, -0.2) is 31.2 Å². The quantitative estimate of drug-likeness (QED) is 0.900. The number of aliphatic hydroxyl groups is 1. The zero-order valence-electron chi connectivity index (χ0n) is 11.6. The van der Waals surface area contributed by atoms with Crippen LogP contribution in [0.1, 0.15) is 19.3 Å². The molecule has 1 heterocycles. The van der Waals surface area contributed by atoms with Crippen LogP contribution in [0.25, 0.3) is 10.9 Å². The molecule has 0 spiro atoms. The van der Waals surface area contributed by atoms with E-state index in [2.05, 4.69) is 9.71 Å². The molecule has 5 nitrogen and oxygen atoms in total. The van der Waals surface area contributed by atoms with Gasteiger partial charge in [-0.2, -0.15) is 0 Å². The fourth-order valence-electron chi connectivity index (χ4n) is 2.98. The van der Waals surface area contributed by atoms with Crippen LogP contribution in [0, 0.1) is 5.92 Å². The number of nitrogens with zero attached hydrogens (tertiary/aromatic N) is 1. The number of benzene rings is 1. The van der Waals surface area contributed by atoms with E-state index in [1.54, 1.807) is 36.5 Å². The van der Waals surface area contributed by atoms with Crippen molar-refractivity contribution in [1.29, 1.82) is 0 Å². The number of rotatable bonds is 4. The van der Waals surface area contributed by atoms with Crippen LogP contribution in [0.3, 0.4) is 0 Å². The van der Waals surface area contributed by atoms with Crippen molar-refractivity contribution in [3.63, 3.8) is 0 Å². The number of hydrogen-bond donors (Lipinski definition) is 2. The molecule has 3 rings (SSSR count). The standard InChI is InChI=1S/C15H18N2O3S/c18-10-11-4-1-6-13(11)17-21(19,20)15-8-2-7-14-12(15)5-3-9-16-14/h2-3,5,7-9,11,13,17-18H,1,4,6,10H2. The summed E-state index contributed by atoms with van der Waals surface area (Å²) in [6.45, 7) is 0.0181. The van der Waals surface area contributed by atoms with E-state index in [1.807, 2.05) is 0 Å². The SMILES string of the molecule is O=S(=O)(NC1CCCC1CO)c1cccc2ncccc12. The monoisotopic (exact) mass is 306 g/mol. The van der Waals surface area contributed by atoms with Crippen molar-refractivity contribution in [2.75, 3.05) is 6.61 Å². The minimum atomic E-state index is -3.61. The highest BCUT2D eigenvalue weighted by Gasteiger charge is 2.31. The first-order chi connectivity index (χ1) is 10.1. The number of sulfonamides is 1. The van der Waals surface area contributed by atoms with Gasteiger partial charge in [-0.05, 0) is 43.0 Å². The highest BCUT2D eigenvalue weighted by molar-refractivity contribution is 7.89. The van der Waals surface area contributed by atoms with E-state index in [0.717, 1.165) is 19.3 Å². The maximum atomic E-state index is 12.6. The van der Waals surface area contributed by atoms with Crippen molar-refractivity contribution < 1.29 is 13.5 Å². The molecule has 0 bridgehead atoms. The first-order valence-electron chi connectivity index (χ1n) is 7.09. The Labute approximate surface area is 124 Å². The van der Waals surface area contributed by atoms with Gasteiger partial charge in [0.05, 0.1) is 10.4 Å². The van der Waals surface area contributed by atoms with E-state index in [4.69, 9.17) is 0 Å². The maximum absolute atomic E-state index is 12.6. The number of aliphatic hydroxyl groups excluding tert-OH is 1. The fourth-order valence-corrected chi connectivity index (χ4v) is 4.54. The predicted molar refractivity (Wildman–Crippen MR) is 80.3 cm³/mol. The van der Waals surface area contributed by atoms with Gasteiger partial charge in [-0.1, -0.05) is 12.5 Å². The first kappa shape index (κ1) is 14.4.